The normalized spacial score (nSPS) is 18.9. The molecule has 0 bridgehead atoms. The van der Waals surface area contributed by atoms with Gasteiger partial charge >= 0.3 is 0 Å². The van der Waals surface area contributed by atoms with Gasteiger partial charge in [-0.15, -0.1) is 11.3 Å². The van der Waals surface area contributed by atoms with Gasteiger partial charge in [0, 0.05) is 23.0 Å². The minimum atomic E-state index is -0.0978. The van der Waals surface area contributed by atoms with Gasteiger partial charge in [-0.2, -0.15) is 0 Å². The molecule has 34 heavy (non-hydrogen) atoms. The first kappa shape index (κ1) is 23.6. The van der Waals surface area contributed by atoms with E-state index in [-0.39, 0.29) is 29.4 Å². The molecular formula is C26H31N3O3S2. The molecule has 2 aromatic heterocycles. The third kappa shape index (κ3) is 4.81. The van der Waals surface area contributed by atoms with E-state index in [1.807, 2.05) is 34.9 Å². The molecular weight excluding hydrogens is 466 g/mol. The summed E-state index contributed by atoms with van der Waals surface area (Å²) in [6.45, 7) is 4.88. The molecule has 0 unspecified atom stereocenters. The van der Waals surface area contributed by atoms with E-state index in [1.165, 1.54) is 18.2 Å². The van der Waals surface area contributed by atoms with Crippen LogP contribution in [0, 0.1) is 5.92 Å². The van der Waals surface area contributed by atoms with Crippen LogP contribution in [0.2, 0.25) is 0 Å². The first-order chi connectivity index (χ1) is 16.5. The van der Waals surface area contributed by atoms with E-state index in [9.17, 15) is 9.59 Å². The Labute approximate surface area is 208 Å². The number of carbonyl (C=O) groups excluding carboxylic acids is 1. The number of thioether (sulfide) groups is 1. The Hall–Kier alpha value is -2.16. The molecule has 1 amide bonds. The SMILES string of the molecule is CC(C)[C@@H]1Cc2c(sc3nc(SCC(=O)Nc4ccccc4)n(C4CCCCC4)c(=O)c23)CO1. The van der Waals surface area contributed by atoms with Crippen LogP contribution in [0.5, 0.6) is 0 Å². The lowest BCUT2D eigenvalue weighted by atomic mass is 9.94. The van der Waals surface area contributed by atoms with E-state index >= 15 is 0 Å². The van der Waals surface area contributed by atoms with Gasteiger partial charge in [-0.25, -0.2) is 4.98 Å². The molecule has 1 aliphatic heterocycles. The van der Waals surface area contributed by atoms with Crippen molar-refractivity contribution in [3.8, 4) is 0 Å². The molecule has 1 saturated carbocycles. The minimum Gasteiger partial charge on any atom is -0.372 e. The Balaban J connectivity index is 1.49. The number of nitrogens with one attached hydrogen (secondary N) is 1. The third-order valence-corrected chi connectivity index (χ3v) is 8.87. The summed E-state index contributed by atoms with van der Waals surface area (Å²) in [4.78, 5) is 33.5. The number of nitrogens with zero attached hydrogens (tertiary/aromatic N) is 2. The molecule has 3 aromatic rings. The highest BCUT2D eigenvalue weighted by Crippen LogP contribution is 2.37. The van der Waals surface area contributed by atoms with Gasteiger partial charge in [0.2, 0.25) is 5.91 Å². The maximum Gasteiger partial charge on any atom is 0.263 e. The van der Waals surface area contributed by atoms with Gasteiger partial charge in [-0.3, -0.25) is 14.2 Å². The number of para-hydroxylation sites is 1. The summed E-state index contributed by atoms with van der Waals surface area (Å²) in [6.07, 6.45) is 6.33. The molecule has 8 heteroatoms. The highest BCUT2D eigenvalue weighted by atomic mass is 32.2. The number of hydrogen-bond donors (Lipinski definition) is 1. The Morgan fingerprint density at radius 1 is 1.24 bits per heavy atom. The minimum absolute atomic E-state index is 0.0600. The molecule has 5 rings (SSSR count). The second-order valence-electron chi connectivity index (χ2n) is 9.55. The van der Waals surface area contributed by atoms with Crippen LogP contribution in [-0.4, -0.2) is 27.3 Å². The van der Waals surface area contributed by atoms with Crippen molar-refractivity contribution in [2.75, 3.05) is 11.1 Å². The Morgan fingerprint density at radius 2 is 2.00 bits per heavy atom. The van der Waals surface area contributed by atoms with Gasteiger partial charge in [0.05, 0.1) is 23.8 Å². The second-order valence-corrected chi connectivity index (χ2v) is 11.6. The van der Waals surface area contributed by atoms with Crippen molar-refractivity contribution in [3.05, 3.63) is 51.1 Å². The maximum atomic E-state index is 14.0. The fourth-order valence-corrected chi connectivity index (χ4v) is 6.99. The second kappa shape index (κ2) is 10.2. The van der Waals surface area contributed by atoms with Crippen LogP contribution in [0.3, 0.4) is 0 Å². The number of ether oxygens (including phenoxy) is 1. The Bertz CT molecular complexity index is 1230. The maximum absolute atomic E-state index is 14.0. The van der Waals surface area contributed by atoms with E-state index in [0.29, 0.717) is 17.7 Å². The van der Waals surface area contributed by atoms with E-state index in [2.05, 4.69) is 19.2 Å². The number of anilines is 1. The molecule has 0 radical (unpaired) electrons. The molecule has 3 heterocycles. The van der Waals surface area contributed by atoms with E-state index in [1.54, 1.807) is 11.3 Å². The molecule has 180 valence electrons. The van der Waals surface area contributed by atoms with Gasteiger partial charge in [0.1, 0.15) is 4.83 Å². The molecule has 0 spiro atoms. The third-order valence-electron chi connectivity index (χ3n) is 6.82. The highest BCUT2D eigenvalue weighted by Gasteiger charge is 2.30. The van der Waals surface area contributed by atoms with Crippen molar-refractivity contribution < 1.29 is 9.53 Å². The van der Waals surface area contributed by atoms with Gasteiger partial charge in [-0.05, 0) is 36.5 Å². The molecule has 0 saturated heterocycles. The zero-order valence-electron chi connectivity index (χ0n) is 19.7. The number of fused-ring (bicyclic) bond motifs is 3. The van der Waals surface area contributed by atoms with Crippen molar-refractivity contribution in [1.29, 1.82) is 0 Å². The van der Waals surface area contributed by atoms with Crippen LogP contribution in [0.4, 0.5) is 5.69 Å². The number of hydrogen-bond acceptors (Lipinski definition) is 6. The van der Waals surface area contributed by atoms with Crippen molar-refractivity contribution in [1.82, 2.24) is 9.55 Å². The molecule has 2 aliphatic rings. The summed E-state index contributed by atoms with van der Waals surface area (Å²) in [6, 6.07) is 9.59. The quantitative estimate of drug-likeness (QED) is 0.345. The highest BCUT2D eigenvalue weighted by molar-refractivity contribution is 7.99. The van der Waals surface area contributed by atoms with E-state index in [4.69, 9.17) is 9.72 Å². The smallest absolute Gasteiger partial charge is 0.263 e. The monoisotopic (exact) mass is 497 g/mol. The van der Waals surface area contributed by atoms with Gasteiger partial charge < -0.3 is 10.1 Å². The van der Waals surface area contributed by atoms with Crippen LogP contribution in [0.25, 0.3) is 10.2 Å². The number of aromatic nitrogens is 2. The van der Waals surface area contributed by atoms with Crippen LogP contribution >= 0.6 is 23.1 Å². The number of carbonyl (C=O) groups is 1. The van der Waals surface area contributed by atoms with Gasteiger partial charge in [-0.1, -0.05) is 63.1 Å². The molecule has 1 N–H and O–H groups in total. The predicted molar refractivity (Wildman–Crippen MR) is 139 cm³/mol. The van der Waals surface area contributed by atoms with Crippen LogP contribution in [0.1, 0.15) is 62.4 Å². The number of rotatable bonds is 6. The van der Waals surface area contributed by atoms with Crippen LogP contribution in [-0.2, 0) is 22.6 Å². The van der Waals surface area contributed by atoms with Crippen molar-refractivity contribution in [2.24, 2.45) is 5.92 Å². The summed E-state index contributed by atoms with van der Waals surface area (Å²) in [5.41, 5.74) is 1.96. The van der Waals surface area contributed by atoms with Crippen LogP contribution < -0.4 is 10.9 Å². The topological polar surface area (TPSA) is 73.2 Å². The molecule has 1 aliphatic carbocycles. The van der Waals surface area contributed by atoms with Crippen LogP contribution in [0.15, 0.2) is 40.3 Å². The lowest BCUT2D eigenvalue weighted by molar-refractivity contribution is -0.113. The summed E-state index contributed by atoms with van der Waals surface area (Å²) in [5.74, 6) is 0.511. The van der Waals surface area contributed by atoms with Gasteiger partial charge in [0.15, 0.2) is 5.16 Å². The predicted octanol–water partition coefficient (Wildman–Crippen LogP) is 5.79. The van der Waals surface area contributed by atoms with Gasteiger partial charge in [0.25, 0.3) is 5.56 Å². The lowest BCUT2D eigenvalue weighted by Gasteiger charge is -2.27. The van der Waals surface area contributed by atoms with E-state index < -0.39 is 0 Å². The number of amides is 1. The van der Waals surface area contributed by atoms with Crippen molar-refractivity contribution in [3.63, 3.8) is 0 Å². The molecule has 1 fully saturated rings. The fourth-order valence-electron chi connectivity index (χ4n) is 4.96. The Kier molecular flexibility index (Phi) is 7.09. The first-order valence-electron chi connectivity index (χ1n) is 12.2. The molecule has 6 nitrogen and oxygen atoms in total. The largest absolute Gasteiger partial charge is 0.372 e. The zero-order valence-corrected chi connectivity index (χ0v) is 21.3. The zero-order chi connectivity index (χ0) is 23.7. The summed E-state index contributed by atoms with van der Waals surface area (Å²) >= 11 is 2.93. The van der Waals surface area contributed by atoms with Crippen molar-refractivity contribution in [2.45, 2.75) is 76.3 Å². The number of thiophene rings is 1. The summed E-state index contributed by atoms with van der Waals surface area (Å²) in [5, 5.41) is 4.36. The number of benzene rings is 1. The lowest BCUT2D eigenvalue weighted by Crippen LogP contribution is -2.31. The summed E-state index contributed by atoms with van der Waals surface area (Å²) in [7, 11) is 0. The van der Waals surface area contributed by atoms with E-state index in [0.717, 1.165) is 58.4 Å². The first-order valence-corrected chi connectivity index (χ1v) is 14.0. The molecule has 1 aromatic carbocycles. The fraction of sp³-hybridized carbons (Fsp3) is 0.500. The average Bonchev–Trinajstić information content (AvgIpc) is 3.22. The van der Waals surface area contributed by atoms with Crippen molar-refractivity contribution >= 4 is 44.9 Å². The Morgan fingerprint density at radius 3 is 2.74 bits per heavy atom. The molecule has 1 atom stereocenters. The standard InChI is InChI=1S/C26H31N3O3S2/c1-16(2)20-13-19-21(14-32-20)34-24-23(19)25(31)29(18-11-7-4-8-12-18)26(28-24)33-15-22(30)27-17-9-5-3-6-10-17/h3,5-6,9-10,16,18,20H,4,7-8,11-15H2,1-2H3,(H,27,30)/t20-/m0/s1. The summed E-state index contributed by atoms with van der Waals surface area (Å²) < 4.78 is 7.97. The average molecular weight is 498 g/mol.